The van der Waals surface area contributed by atoms with Gasteiger partial charge in [0.05, 0.1) is 11.2 Å². The lowest BCUT2D eigenvalue weighted by molar-refractivity contribution is 1.30. The maximum atomic E-state index is 9.64. The summed E-state index contributed by atoms with van der Waals surface area (Å²) >= 11 is 0. The number of benzene rings is 9. The van der Waals surface area contributed by atoms with Gasteiger partial charge in [-0.15, -0.1) is 0 Å². The highest BCUT2D eigenvalue weighted by Crippen LogP contribution is 2.43. The smallest absolute Gasteiger partial charge is 0.0645 e. The average Bonchev–Trinajstić information content (AvgIpc) is 3.19. The van der Waals surface area contributed by atoms with Crippen LogP contribution in [-0.4, -0.2) is 0 Å². The maximum Gasteiger partial charge on any atom is 0.0645 e. The van der Waals surface area contributed by atoms with Crippen molar-refractivity contribution in [1.82, 2.24) is 0 Å². The lowest BCUT2D eigenvalue weighted by atomic mass is 9.93. The Balaban J connectivity index is 1.33. The van der Waals surface area contributed by atoms with Crippen molar-refractivity contribution in [1.29, 1.82) is 0 Å². The van der Waals surface area contributed by atoms with E-state index in [1.807, 2.05) is 114 Å². The van der Waals surface area contributed by atoms with Crippen LogP contribution >= 0.6 is 0 Å². The Morgan fingerprint density at radius 1 is 0.340 bits per heavy atom. The summed E-state index contributed by atoms with van der Waals surface area (Å²) in [5.74, 6) is 0. The lowest BCUT2D eigenvalue weighted by Gasteiger charge is -2.28. The Bertz CT molecular complexity index is 2760. The van der Waals surface area contributed by atoms with E-state index >= 15 is 0 Å². The average molecular weight is 602 g/mol. The van der Waals surface area contributed by atoms with Crippen LogP contribution in [0.3, 0.4) is 0 Å². The fraction of sp³-hybridized carbons (Fsp3) is 0. The van der Waals surface area contributed by atoms with Crippen LogP contribution in [0.15, 0.2) is 188 Å². The van der Waals surface area contributed by atoms with Gasteiger partial charge in [0.25, 0.3) is 0 Å². The molecule has 0 saturated heterocycles. The van der Waals surface area contributed by atoms with Crippen molar-refractivity contribution < 1.29 is 5.48 Å². The molecule has 0 aromatic heterocycles. The lowest BCUT2D eigenvalue weighted by Crippen LogP contribution is -2.10. The highest BCUT2D eigenvalue weighted by molar-refractivity contribution is 6.15. The number of rotatable bonds is 5. The van der Waals surface area contributed by atoms with Crippen molar-refractivity contribution in [2.45, 2.75) is 0 Å². The molecule has 0 saturated carbocycles. The molecular weight excluding hydrogens is 567 g/mol. The topological polar surface area (TPSA) is 3.24 Å². The Labute approximate surface area is 280 Å². The molecule has 0 fully saturated rings. The first-order valence-corrected chi connectivity index (χ1v) is 15.9. The van der Waals surface area contributed by atoms with E-state index < -0.39 is 0 Å². The van der Waals surface area contributed by atoms with E-state index in [9.17, 15) is 5.48 Å². The summed E-state index contributed by atoms with van der Waals surface area (Å²) in [4.78, 5) is 1.91. The van der Waals surface area contributed by atoms with Gasteiger partial charge in [0.2, 0.25) is 0 Å². The van der Waals surface area contributed by atoms with Gasteiger partial charge in [-0.1, -0.05) is 152 Å². The molecule has 9 aromatic carbocycles. The first kappa shape index (κ1) is 23.2. The molecule has 0 heterocycles. The third-order valence-corrected chi connectivity index (χ3v) is 9.09. The summed E-state index contributed by atoms with van der Waals surface area (Å²) in [5, 5.41) is 8.08. The maximum absolute atomic E-state index is 9.64. The van der Waals surface area contributed by atoms with Crippen molar-refractivity contribution in [2.24, 2.45) is 0 Å². The van der Waals surface area contributed by atoms with Gasteiger partial charge in [-0.05, 0) is 96.3 Å². The van der Waals surface area contributed by atoms with Crippen LogP contribution in [0.4, 0.5) is 17.1 Å². The summed E-state index contributed by atoms with van der Waals surface area (Å²) in [6, 6.07) is 54.5. The Hall–Kier alpha value is -6.18. The molecular formula is C46H31N. The molecule has 9 aromatic rings. The molecule has 47 heavy (non-hydrogen) atoms. The van der Waals surface area contributed by atoms with Crippen LogP contribution in [0.25, 0.3) is 65.3 Å². The normalized spacial score (nSPS) is 12.6. The molecule has 9 rings (SSSR count). The Kier molecular flexibility index (Phi) is 5.59. The number of hydrogen-bond acceptors (Lipinski definition) is 1. The zero-order chi connectivity index (χ0) is 34.6. The molecule has 0 unspecified atom stereocenters. The van der Waals surface area contributed by atoms with Crippen molar-refractivity contribution in [3.63, 3.8) is 0 Å². The van der Waals surface area contributed by atoms with Gasteiger partial charge in [-0.2, -0.15) is 0 Å². The van der Waals surface area contributed by atoms with Gasteiger partial charge in [0.1, 0.15) is 0 Å². The molecule has 0 N–H and O–H groups in total. The zero-order valence-electron chi connectivity index (χ0n) is 29.5. The van der Waals surface area contributed by atoms with Gasteiger partial charge in [-0.3, -0.25) is 0 Å². The van der Waals surface area contributed by atoms with Crippen molar-refractivity contribution in [3.05, 3.63) is 188 Å². The van der Waals surface area contributed by atoms with E-state index in [1.54, 1.807) is 0 Å². The monoisotopic (exact) mass is 601 g/mol. The predicted molar refractivity (Wildman–Crippen MR) is 202 cm³/mol. The summed E-state index contributed by atoms with van der Waals surface area (Å²) in [6.07, 6.45) is 0. The van der Waals surface area contributed by atoms with Crippen LogP contribution in [0.2, 0.25) is 0 Å². The standard InChI is InChI=1S/C46H31N/c1-2-12-32(13-3-1)33-22-26-37(27-23-33)47(46-31-36-15-5-7-17-40(36)42-19-10-11-21-44(42)46)38-28-24-34(25-29-38)45-30-35-14-4-6-16-39(35)41-18-8-9-20-43(41)45/h1-31H/i24D,25D,28D,29D. The summed E-state index contributed by atoms with van der Waals surface area (Å²) in [7, 11) is 0. The van der Waals surface area contributed by atoms with Crippen LogP contribution in [0.1, 0.15) is 5.48 Å². The molecule has 0 aliphatic carbocycles. The quantitative estimate of drug-likeness (QED) is 0.177. The molecule has 0 bridgehead atoms. The predicted octanol–water partition coefficient (Wildman–Crippen LogP) is 13.1. The minimum atomic E-state index is -0.104. The highest BCUT2D eigenvalue weighted by atomic mass is 15.1. The molecule has 0 radical (unpaired) electrons. The minimum Gasteiger partial charge on any atom is -0.310 e. The molecule has 1 heteroatoms. The SMILES string of the molecule is [2H]c1c([2H])c(N(c2ccc(-c3ccccc3)cc2)c2cc3ccccc3c3ccccc23)c([2H])c([2H])c1-c1cc2ccccc2c2ccccc12. The highest BCUT2D eigenvalue weighted by Gasteiger charge is 2.18. The van der Waals surface area contributed by atoms with Gasteiger partial charge < -0.3 is 4.90 Å². The number of anilines is 3. The van der Waals surface area contributed by atoms with Gasteiger partial charge in [0.15, 0.2) is 0 Å². The van der Waals surface area contributed by atoms with Crippen LogP contribution < -0.4 is 4.90 Å². The third-order valence-electron chi connectivity index (χ3n) is 9.09. The summed E-state index contributed by atoms with van der Waals surface area (Å²) in [5.41, 5.74) is 4.82. The summed E-state index contributed by atoms with van der Waals surface area (Å²) in [6.45, 7) is 0. The number of hydrogen-bond donors (Lipinski definition) is 0. The van der Waals surface area contributed by atoms with Crippen LogP contribution in [-0.2, 0) is 0 Å². The third kappa shape index (κ3) is 4.72. The molecule has 0 atom stereocenters. The molecule has 0 amide bonds. The van der Waals surface area contributed by atoms with E-state index in [-0.39, 0.29) is 29.9 Å². The number of fused-ring (bicyclic) bond motifs is 6. The van der Waals surface area contributed by atoms with E-state index in [0.717, 1.165) is 65.6 Å². The van der Waals surface area contributed by atoms with Crippen LogP contribution in [0.5, 0.6) is 0 Å². The number of nitrogens with zero attached hydrogens (tertiary/aromatic N) is 1. The molecule has 1 nitrogen and oxygen atoms in total. The summed E-state index contributed by atoms with van der Waals surface area (Å²) < 4.78 is 38.3. The van der Waals surface area contributed by atoms with E-state index in [2.05, 4.69) is 54.6 Å². The minimum absolute atomic E-state index is 0.0811. The van der Waals surface area contributed by atoms with Crippen molar-refractivity contribution in [2.75, 3.05) is 4.90 Å². The van der Waals surface area contributed by atoms with E-state index in [4.69, 9.17) is 0 Å². The largest absolute Gasteiger partial charge is 0.310 e. The van der Waals surface area contributed by atoms with Crippen molar-refractivity contribution >= 4 is 60.2 Å². The van der Waals surface area contributed by atoms with Crippen molar-refractivity contribution in [3.8, 4) is 22.3 Å². The fourth-order valence-electron chi connectivity index (χ4n) is 6.86. The first-order valence-electron chi connectivity index (χ1n) is 17.9. The van der Waals surface area contributed by atoms with Gasteiger partial charge in [-0.25, -0.2) is 0 Å². The Morgan fingerprint density at radius 2 is 0.830 bits per heavy atom. The zero-order valence-corrected chi connectivity index (χ0v) is 25.5. The second-order valence-corrected chi connectivity index (χ2v) is 11.8. The van der Waals surface area contributed by atoms with Crippen LogP contribution in [0, 0.1) is 0 Å². The molecule has 220 valence electrons. The fourth-order valence-corrected chi connectivity index (χ4v) is 6.86. The second kappa shape index (κ2) is 11.3. The van der Waals surface area contributed by atoms with Gasteiger partial charge in [0, 0.05) is 16.8 Å². The molecule has 0 aliphatic rings. The van der Waals surface area contributed by atoms with E-state index in [0.29, 0.717) is 11.1 Å². The Morgan fingerprint density at radius 3 is 1.49 bits per heavy atom. The second-order valence-electron chi connectivity index (χ2n) is 11.8. The molecule has 0 spiro atoms. The molecule has 0 aliphatic heterocycles. The van der Waals surface area contributed by atoms with Gasteiger partial charge >= 0.3 is 0 Å². The van der Waals surface area contributed by atoms with E-state index in [1.165, 1.54) is 0 Å². The first-order chi connectivity index (χ1) is 25.0.